The first-order valence-corrected chi connectivity index (χ1v) is 7.99. The molecule has 6 heteroatoms. The van der Waals surface area contributed by atoms with Gasteiger partial charge in [-0.2, -0.15) is 5.10 Å². The average Bonchev–Trinajstić information content (AvgIpc) is 2.63. The van der Waals surface area contributed by atoms with Crippen LogP contribution in [0.25, 0.3) is 0 Å². The van der Waals surface area contributed by atoms with Crippen molar-refractivity contribution in [1.82, 2.24) is 14.9 Å². The second kappa shape index (κ2) is 5.40. The first-order chi connectivity index (χ1) is 8.49. The second-order valence-corrected chi connectivity index (χ2v) is 6.97. The average molecular weight is 271 g/mol. The highest BCUT2D eigenvalue weighted by Crippen LogP contribution is 2.24. The predicted molar refractivity (Wildman–Crippen MR) is 69.7 cm³/mol. The number of aryl methyl sites for hydroxylation is 1. The molecule has 2 rings (SSSR count). The zero-order valence-corrected chi connectivity index (χ0v) is 11.8. The third kappa shape index (κ3) is 3.11. The Hall–Kier alpha value is -0.880. The van der Waals surface area contributed by atoms with Gasteiger partial charge in [-0.05, 0) is 32.1 Å². The Morgan fingerprint density at radius 3 is 2.78 bits per heavy atom. The molecule has 0 bridgehead atoms. The summed E-state index contributed by atoms with van der Waals surface area (Å²) in [6.07, 6.45) is 6.62. The van der Waals surface area contributed by atoms with E-state index >= 15 is 0 Å². The van der Waals surface area contributed by atoms with Crippen molar-refractivity contribution >= 4 is 10.0 Å². The molecule has 0 saturated heterocycles. The van der Waals surface area contributed by atoms with E-state index in [1.807, 2.05) is 0 Å². The maximum Gasteiger partial charge on any atom is 0.244 e. The highest BCUT2D eigenvalue weighted by atomic mass is 32.2. The van der Waals surface area contributed by atoms with Crippen LogP contribution >= 0.6 is 0 Å². The Morgan fingerprint density at radius 1 is 1.33 bits per heavy atom. The molecule has 2 atom stereocenters. The fourth-order valence-electron chi connectivity index (χ4n) is 2.50. The quantitative estimate of drug-likeness (QED) is 0.825. The summed E-state index contributed by atoms with van der Waals surface area (Å²) >= 11 is 0. The van der Waals surface area contributed by atoms with E-state index in [0.717, 1.165) is 25.7 Å². The van der Waals surface area contributed by atoms with Crippen LogP contribution in [0.5, 0.6) is 0 Å². The maximum absolute atomic E-state index is 12.2. The summed E-state index contributed by atoms with van der Waals surface area (Å²) in [6.45, 7) is 3.95. The lowest BCUT2D eigenvalue weighted by Gasteiger charge is -2.16. The summed E-state index contributed by atoms with van der Waals surface area (Å²) < 4.78 is 27.2. The number of H-pyrrole nitrogens is 1. The van der Waals surface area contributed by atoms with Crippen LogP contribution in [0.2, 0.25) is 0 Å². The van der Waals surface area contributed by atoms with E-state index in [0.29, 0.717) is 11.6 Å². The van der Waals surface area contributed by atoms with Crippen molar-refractivity contribution in [2.24, 2.45) is 5.92 Å². The first-order valence-electron chi connectivity index (χ1n) is 6.51. The third-order valence-corrected chi connectivity index (χ3v) is 5.29. The highest BCUT2D eigenvalue weighted by Gasteiger charge is 2.24. The molecular formula is C12H21N3O2S. The molecule has 1 heterocycles. The number of nitrogens with one attached hydrogen (secondary N) is 2. The summed E-state index contributed by atoms with van der Waals surface area (Å²) in [6, 6.07) is 0.0641. The lowest BCUT2D eigenvalue weighted by atomic mass is 10.0. The molecule has 5 nitrogen and oxygen atoms in total. The molecule has 2 unspecified atom stereocenters. The molecule has 1 aromatic heterocycles. The van der Waals surface area contributed by atoms with Crippen LogP contribution < -0.4 is 4.72 Å². The molecule has 1 aliphatic carbocycles. The lowest BCUT2D eigenvalue weighted by molar-refractivity contribution is 0.484. The number of aromatic nitrogens is 2. The Bertz CT molecular complexity index is 495. The number of hydrogen-bond acceptors (Lipinski definition) is 3. The fourth-order valence-corrected chi connectivity index (χ4v) is 3.94. The van der Waals surface area contributed by atoms with Gasteiger partial charge in [-0.25, -0.2) is 13.1 Å². The molecule has 1 aliphatic rings. The van der Waals surface area contributed by atoms with E-state index in [9.17, 15) is 8.42 Å². The van der Waals surface area contributed by atoms with Crippen LogP contribution in [-0.2, 0) is 10.0 Å². The first kappa shape index (κ1) is 13.5. The van der Waals surface area contributed by atoms with Gasteiger partial charge in [0.2, 0.25) is 10.0 Å². The van der Waals surface area contributed by atoms with Crippen LogP contribution in [0.3, 0.4) is 0 Å². The van der Waals surface area contributed by atoms with Gasteiger partial charge >= 0.3 is 0 Å². The highest BCUT2D eigenvalue weighted by molar-refractivity contribution is 7.89. The lowest BCUT2D eigenvalue weighted by Crippen LogP contribution is -2.34. The van der Waals surface area contributed by atoms with Crippen molar-refractivity contribution in [3.8, 4) is 0 Å². The van der Waals surface area contributed by atoms with Crippen LogP contribution in [-0.4, -0.2) is 24.7 Å². The third-order valence-electron chi connectivity index (χ3n) is 3.65. The topological polar surface area (TPSA) is 74.8 Å². The SMILES string of the molecule is Cc1[nH]ncc1S(=O)(=O)NC1CCCC(C)CC1. The molecule has 2 N–H and O–H groups in total. The predicted octanol–water partition coefficient (Wildman–Crippen LogP) is 1.97. The van der Waals surface area contributed by atoms with E-state index < -0.39 is 10.0 Å². The summed E-state index contributed by atoms with van der Waals surface area (Å²) in [5.74, 6) is 0.704. The fraction of sp³-hybridized carbons (Fsp3) is 0.750. The van der Waals surface area contributed by atoms with Gasteiger partial charge in [0.15, 0.2) is 0 Å². The smallest absolute Gasteiger partial charge is 0.244 e. The number of nitrogens with zero attached hydrogens (tertiary/aromatic N) is 1. The normalized spacial score (nSPS) is 25.9. The minimum absolute atomic E-state index is 0.0641. The molecule has 0 amide bonds. The van der Waals surface area contributed by atoms with Crippen LogP contribution in [0.15, 0.2) is 11.1 Å². The minimum Gasteiger partial charge on any atom is -0.281 e. The van der Waals surface area contributed by atoms with Gasteiger partial charge in [-0.3, -0.25) is 5.10 Å². The van der Waals surface area contributed by atoms with Crippen LogP contribution in [0.1, 0.15) is 44.7 Å². The molecular weight excluding hydrogens is 250 g/mol. The summed E-state index contributed by atoms with van der Waals surface area (Å²) in [4.78, 5) is 0.264. The van der Waals surface area contributed by atoms with E-state index in [4.69, 9.17) is 0 Å². The Balaban J connectivity index is 2.07. The number of sulfonamides is 1. The van der Waals surface area contributed by atoms with Crippen molar-refractivity contribution in [1.29, 1.82) is 0 Å². The summed E-state index contributed by atoms with van der Waals surface area (Å²) in [5, 5.41) is 6.43. The molecule has 18 heavy (non-hydrogen) atoms. The van der Waals surface area contributed by atoms with Gasteiger partial charge in [0, 0.05) is 6.04 Å². The molecule has 0 aromatic carbocycles. The Morgan fingerprint density at radius 2 is 2.11 bits per heavy atom. The van der Waals surface area contributed by atoms with Crippen LogP contribution in [0, 0.1) is 12.8 Å². The molecule has 102 valence electrons. The van der Waals surface area contributed by atoms with Gasteiger partial charge in [0.25, 0.3) is 0 Å². The maximum atomic E-state index is 12.2. The van der Waals surface area contributed by atoms with Gasteiger partial charge < -0.3 is 0 Å². The minimum atomic E-state index is -3.42. The zero-order valence-electron chi connectivity index (χ0n) is 10.9. The molecule has 1 fully saturated rings. The van der Waals surface area contributed by atoms with E-state index in [2.05, 4.69) is 21.8 Å². The van der Waals surface area contributed by atoms with Gasteiger partial charge in [-0.15, -0.1) is 0 Å². The van der Waals surface area contributed by atoms with Gasteiger partial charge in [-0.1, -0.05) is 19.8 Å². The summed E-state index contributed by atoms with van der Waals surface area (Å²) in [5.41, 5.74) is 0.587. The molecule has 1 aromatic rings. The van der Waals surface area contributed by atoms with E-state index in [1.54, 1.807) is 6.92 Å². The largest absolute Gasteiger partial charge is 0.281 e. The monoisotopic (exact) mass is 271 g/mol. The van der Waals surface area contributed by atoms with Crippen molar-refractivity contribution in [3.63, 3.8) is 0 Å². The molecule has 0 spiro atoms. The van der Waals surface area contributed by atoms with E-state index in [1.165, 1.54) is 12.6 Å². The Labute approximate surface area is 108 Å². The molecule has 0 aliphatic heterocycles. The number of rotatable bonds is 3. The molecule has 0 radical (unpaired) electrons. The van der Waals surface area contributed by atoms with Crippen molar-refractivity contribution in [2.75, 3.05) is 0 Å². The Kier molecular flexibility index (Phi) is 4.07. The van der Waals surface area contributed by atoms with Gasteiger partial charge in [0.05, 0.1) is 11.9 Å². The van der Waals surface area contributed by atoms with Crippen molar-refractivity contribution in [2.45, 2.75) is 56.9 Å². The van der Waals surface area contributed by atoms with Crippen molar-refractivity contribution in [3.05, 3.63) is 11.9 Å². The van der Waals surface area contributed by atoms with E-state index in [-0.39, 0.29) is 10.9 Å². The van der Waals surface area contributed by atoms with Crippen LogP contribution in [0.4, 0.5) is 0 Å². The second-order valence-electron chi connectivity index (χ2n) is 5.29. The standard InChI is InChI=1S/C12H21N3O2S/c1-9-4-3-5-11(7-6-9)15-18(16,17)12-8-13-14-10(12)2/h8-9,11,15H,3-7H2,1-2H3,(H,13,14). The number of hydrogen-bond donors (Lipinski definition) is 2. The zero-order chi connectivity index (χ0) is 13.2. The van der Waals surface area contributed by atoms with Crippen molar-refractivity contribution < 1.29 is 8.42 Å². The van der Waals surface area contributed by atoms with Gasteiger partial charge in [0.1, 0.15) is 4.90 Å². The number of aromatic amines is 1. The molecule has 1 saturated carbocycles. The summed E-state index contributed by atoms with van der Waals surface area (Å²) in [7, 11) is -3.42.